The van der Waals surface area contributed by atoms with E-state index in [1.54, 1.807) is 19.1 Å². The first-order valence-electron chi connectivity index (χ1n) is 9.14. The number of sulfonamides is 1. The topological polar surface area (TPSA) is 95.9 Å². The van der Waals surface area contributed by atoms with Gasteiger partial charge in [-0.05, 0) is 50.2 Å². The lowest BCUT2D eigenvalue weighted by molar-refractivity contribution is -0.128. The van der Waals surface area contributed by atoms with E-state index in [1.165, 1.54) is 29.2 Å². The molecular formula is C20H20ClN3O4S2. The molecule has 30 heavy (non-hydrogen) atoms. The Balaban J connectivity index is 1.75. The highest BCUT2D eigenvalue weighted by Gasteiger charge is 2.39. The van der Waals surface area contributed by atoms with E-state index in [4.69, 9.17) is 11.6 Å². The van der Waals surface area contributed by atoms with Crippen LogP contribution in [0, 0.1) is 6.92 Å². The fourth-order valence-electron chi connectivity index (χ4n) is 2.78. The number of hydrogen-bond acceptors (Lipinski definition) is 5. The molecule has 1 aliphatic rings. The maximum atomic E-state index is 12.7. The zero-order valence-corrected chi connectivity index (χ0v) is 18.7. The number of rotatable bonds is 6. The predicted molar refractivity (Wildman–Crippen MR) is 119 cm³/mol. The van der Waals surface area contributed by atoms with Crippen LogP contribution in [0.5, 0.6) is 0 Å². The van der Waals surface area contributed by atoms with Gasteiger partial charge in [0.25, 0.3) is 10.0 Å². The van der Waals surface area contributed by atoms with Crippen molar-refractivity contribution in [3.8, 4) is 0 Å². The molecule has 2 aromatic carbocycles. The summed E-state index contributed by atoms with van der Waals surface area (Å²) in [6, 6.07) is 12.9. The zero-order valence-electron chi connectivity index (χ0n) is 16.3. The molecule has 0 saturated carbocycles. The fourth-order valence-corrected chi connectivity index (χ4v) is 5.33. The van der Waals surface area contributed by atoms with E-state index in [0.717, 1.165) is 17.3 Å². The number of carbonyl (C=O) groups excluding carboxylic acids is 2. The van der Waals surface area contributed by atoms with Crippen LogP contribution in [0.4, 0.5) is 5.69 Å². The average Bonchev–Trinajstić information content (AvgIpc) is 2.97. The van der Waals surface area contributed by atoms with Crippen molar-refractivity contribution in [1.29, 1.82) is 0 Å². The van der Waals surface area contributed by atoms with Crippen molar-refractivity contribution in [3.63, 3.8) is 0 Å². The summed E-state index contributed by atoms with van der Waals surface area (Å²) in [7, 11) is -4.02. The molecule has 1 N–H and O–H groups in total. The zero-order chi connectivity index (χ0) is 21.9. The van der Waals surface area contributed by atoms with Crippen LogP contribution in [0.15, 0.2) is 57.8 Å². The second-order valence-corrected chi connectivity index (χ2v) is 9.82. The quantitative estimate of drug-likeness (QED) is 0.701. The third-order valence-electron chi connectivity index (χ3n) is 4.35. The number of nitrogens with one attached hydrogen (secondary N) is 1. The number of benzene rings is 2. The van der Waals surface area contributed by atoms with Crippen LogP contribution in [-0.4, -0.2) is 42.1 Å². The van der Waals surface area contributed by atoms with Crippen LogP contribution in [0.2, 0.25) is 5.02 Å². The van der Waals surface area contributed by atoms with E-state index in [2.05, 4.69) is 9.71 Å². The lowest BCUT2D eigenvalue weighted by atomic mass is 10.2. The van der Waals surface area contributed by atoms with E-state index in [-0.39, 0.29) is 34.8 Å². The molecule has 7 nitrogen and oxygen atoms in total. The maximum Gasteiger partial charge on any atom is 0.284 e. The average molecular weight is 466 g/mol. The van der Waals surface area contributed by atoms with Gasteiger partial charge in [-0.15, -0.1) is 4.40 Å². The van der Waals surface area contributed by atoms with E-state index >= 15 is 0 Å². The first-order valence-corrected chi connectivity index (χ1v) is 11.8. The Labute approximate surface area is 184 Å². The Bertz CT molecular complexity index is 1080. The van der Waals surface area contributed by atoms with E-state index in [0.29, 0.717) is 10.7 Å². The van der Waals surface area contributed by atoms with E-state index in [1.807, 2.05) is 19.1 Å². The van der Waals surface area contributed by atoms with Crippen molar-refractivity contribution >= 4 is 56.1 Å². The van der Waals surface area contributed by atoms with Crippen LogP contribution in [0.1, 0.15) is 18.9 Å². The van der Waals surface area contributed by atoms with Crippen molar-refractivity contribution in [2.75, 3.05) is 11.9 Å². The van der Waals surface area contributed by atoms with Gasteiger partial charge in [0.15, 0.2) is 5.17 Å². The van der Waals surface area contributed by atoms with Crippen molar-refractivity contribution in [1.82, 2.24) is 4.90 Å². The Morgan fingerprint density at radius 3 is 2.40 bits per heavy atom. The molecule has 10 heteroatoms. The summed E-state index contributed by atoms with van der Waals surface area (Å²) >= 11 is 6.78. The molecule has 1 unspecified atom stereocenters. The Kier molecular flexibility index (Phi) is 6.84. The molecule has 1 aliphatic heterocycles. The van der Waals surface area contributed by atoms with E-state index < -0.39 is 15.3 Å². The standard InChI is InChI=1S/C20H20ClN3O4S2/c1-3-24-19(26)17(12-18(25)22-15-8-4-13(2)5-9-15)29-20(24)23-30(27,28)16-10-6-14(21)7-11-16/h4-11,17H,3,12H2,1-2H3,(H,22,25). The second-order valence-electron chi connectivity index (χ2n) is 6.61. The van der Waals surface area contributed by atoms with E-state index in [9.17, 15) is 18.0 Å². The summed E-state index contributed by atoms with van der Waals surface area (Å²) in [5, 5.41) is 2.47. The van der Waals surface area contributed by atoms with Crippen LogP contribution < -0.4 is 5.32 Å². The maximum absolute atomic E-state index is 12.7. The SMILES string of the molecule is CCN1C(=O)C(CC(=O)Nc2ccc(C)cc2)SC1=NS(=O)(=O)c1ccc(Cl)cc1. The largest absolute Gasteiger partial charge is 0.326 e. The molecule has 1 saturated heterocycles. The molecule has 1 fully saturated rings. The first-order chi connectivity index (χ1) is 14.2. The van der Waals surface area contributed by atoms with Gasteiger partial charge < -0.3 is 5.32 Å². The van der Waals surface area contributed by atoms with Gasteiger partial charge in [-0.1, -0.05) is 41.1 Å². The van der Waals surface area contributed by atoms with Gasteiger partial charge in [0.1, 0.15) is 5.25 Å². The number of aryl methyl sites for hydroxylation is 1. The molecule has 158 valence electrons. The van der Waals surface area contributed by atoms with Gasteiger partial charge in [-0.25, -0.2) is 0 Å². The molecule has 3 rings (SSSR count). The molecule has 0 radical (unpaired) electrons. The first kappa shape index (κ1) is 22.3. The van der Waals surface area contributed by atoms with Crippen LogP contribution in [-0.2, 0) is 19.6 Å². The third kappa shape index (κ3) is 5.21. The smallest absolute Gasteiger partial charge is 0.284 e. The molecular weight excluding hydrogens is 446 g/mol. The number of amides is 2. The molecule has 1 atom stereocenters. The number of carbonyl (C=O) groups is 2. The van der Waals surface area contributed by atoms with Gasteiger partial charge in [0, 0.05) is 23.7 Å². The van der Waals surface area contributed by atoms with Crippen molar-refractivity contribution in [2.24, 2.45) is 4.40 Å². The normalized spacial score (nSPS) is 18.1. The summed E-state index contributed by atoms with van der Waals surface area (Å²) < 4.78 is 29.1. The van der Waals surface area contributed by atoms with Crippen molar-refractivity contribution in [3.05, 3.63) is 59.1 Å². The Hall–Kier alpha value is -2.36. The molecule has 1 heterocycles. The molecule has 0 aromatic heterocycles. The van der Waals surface area contributed by atoms with Gasteiger partial charge in [-0.2, -0.15) is 8.42 Å². The van der Waals surface area contributed by atoms with Crippen LogP contribution in [0.3, 0.4) is 0 Å². The molecule has 0 spiro atoms. The molecule has 0 bridgehead atoms. The summed E-state index contributed by atoms with van der Waals surface area (Å²) in [6.07, 6.45) is -0.0894. The Morgan fingerprint density at radius 1 is 1.17 bits per heavy atom. The minimum absolute atomic E-state index is 0.0240. The highest BCUT2D eigenvalue weighted by atomic mass is 35.5. The molecule has 0 aliphatic carbocycles. The summed E-state index contributed by atoms with van der Waals surface area (Å²) in [6.45, 7) is 3.91. The second kappa shape index (κ2) is 9.20. The van der Waals surface area contributed by atoms with Crippen LogP contribution >= 0.6 is 23.4 Å². The summed E-state index contributed by atoms with van der Waals surface area (Å²) in [5.74, 6) is -0.672. The summed E-state index contributed by atoms with van der Waals surface area (Å²) in [4.78, 5) is 26.3. The van der Waals surface area contributed by atoms with Gasteiger partial charge in [0.05, 0.1) is 4.90 Å². The number of hydrogen-bond donors (Lipinski definition) is 1. The lowest BCUT2D eigenvalue weighted by Crippen LogP contribution is -2.33. The Morgan fingerprint density at radius 2 is 1.80 bits per heavy atom. The number of halogens is 1. The van der Waals surface area contributed by atoms with Crippen molar-refractivity contribution in [2.45, 2.75) is 30.4 Å². The fraction of sp³-hybridized carbons (Fsp3) is 0.250. The number of nitrogens with zero attached hydrogens (tertiary/aromatic N) is 2. The predicted octanol–water partition coefficient (Wildman–Crippen LogP) is 3.69. The summed E-state index contributed by atoms with van der Waals surface area (Å²) in [5.41, 5.74) is 1.70. The van der Waals surface area contributed by atoms with Gasteiger partial charge >= 0.3 is 0 Å². The number of anilines is 1. The monoisotopic (exact) mass is 465 g/mol. The van der Waals surface area contributed by atoms with Crippen LogP contribution in [0.25, 0.3) is 0 Å². The minimum Gasteiger partial charge on any atom is -0.326 e. The number of thioether (sulfide) groups is 1. The third-order valence-corrected chi connectivity index (χ3v) is 7.18. The molecule has 2 aromatic rings. The lowest BCUT2D eigenvalue weighted by Gasteiger charge is -2.13. The highest BCUT2D eigenvalue weighted by molar-refractivity contribution is 8.16. The highest BCUT2D eigenvalue weighted by Crippen LogP contribution is 2.31. The minimum atomic E-state index is -4.02. The molecule has 2 amide bonds. The van der Waals surface area contributed by atoms with Gasteiger partial charge in [0.2, 0.25) is 11.8 Å². The van der Waals surface area contributed by atoms with Gasteiger partial charge in [-0.3, -0.25) is 14.5 Å². The van der Waals surface area contributed by atoms with Crippen molar-refractivity contribution < 1.29 is 18.0 Å². The number of amidine groups is 1.